The first-order valence-corrected chi connectivity index (χ1v) is 10.2. The molecule has 0 saturated carbocycles. The predicted molar refractivity (Wildman–Crippen MR) is 113 cm³/mol. The van der Waals surface area contributed by atoms with Gasteiger partial charge in [0.2, 0.25) is 5.91 Å². The highest BCUT2D eigenvalue weighted by atomic mass is 35.5. The van der Waals surface area contributed by atoms with Crippen molar-refractivity contribution in [2.45, 2.75) is 38.3 Å². The van der Waals surface area contributed by atoms with Gasteiger partial charge >= 0.3 is 0 Å². The first-order valence-electron chi connectivity index (χ1n) is 9.83. The molecule has 1 amide bonds. The molecule has 2 aromatic carbocycles. The van der Waals surface area contributed by atoms with E-state index in [-0.39, 0.29) is 11.9 Å². The number of benzene rings is 2. The highest BCUT2D eigenvalue weighted by molar-refractivity contribution is 6.30. The van der Waals surface area contributed by atoms with Crippen LogP contribution >= 0.6 is 11.6 Å². The van der Waals surface area contributed by atoms with Crippen molar-refractivity contribution in [2.75, 3.05) is 7.11 Å². The van der Waals surface area contributed by atoms with Crippen LogP contribution < -0.4 is 10.1 Å². The minimum Gasteiger partial charge on any atom is -0.497 e. The standard InChI is InChI=1S/C23H24ClN3O2/c1-29-19-11-7-16(8-12-19)13-23(28)26-21-3-2-4-22-20(21)14-25-27(22)15-17-5-9-18(24)10-6-17/h5-12,14,21H,2-4,13,15H2,1H3,(H,26,28). The zero-order chi connectivity index (χ0) is 20.2. The number of carbonyl (C=O) groups is 1. The number of nitrogens with zero attached hydrogens (tertiary/aromatic N) is 2. The fourth-order valence-corrected chi connectivity index (χ4v) is 3.97. The van der Waals surface area contributed by atoms with E-state index in [1.54, 1.807) is 7.11 Å². The Kier molecular flexibility index (Phi) is 5.86. The van der Waals surface area contributed by atoms with Gasteiger partial charge in [-0.1, -0.05) is 35.9 Å². The Morgan fingerprint density at radius 2 is 1.90 bits per heavy atom. The summed E-state index contributed by atoms with van der Waals surface area (Å²) in [5.74, 6) is 0.817. The Bertz CT molecular complexity index is 980. The van der Waals surface area contributed by atoms with Gasteiger partial charge in [-0.3, -0.25) is 9.48 Å². The van der Waals surface area contributed by atoms with Gasteiger partial charge in [-0.05, 0) is 54.7 Å². The summed E-state index contributed by atoms with van der Waals surface area (Å²) >= 11 is 5.98. The Balaban J connectivity index is 1.43. The van der Waals surface area contributed by atoms with E-state index in [0.29, 0.717) is 13.0 Å². The predicted octanol–water partition coefficient (Wildman–Crippen LogP) is 4.33. The lowest BCUT2D eigenvalue weighted by Gasteiger charge is -2.24. The summed E-state index contributed by atoms with van der Waals surface area (Å²) in [5.41, 5.74) is 4.47. The minimum atomic E-state index is 0.0171. The molecule has 0 spiro atoms. The molecule has 1 atom stereocenters. The van der Waals surface area contributed by atoms with Crippen LogP contribution in [0.5, 0.6) is 5.75 Å². The molecule has 0 radical (unpaired) electrons. The van der Waals surface area contributed by atoms with E-state index in [0.717, 1.165) is 46.7 Å². The van der Waals surface area contributed by atoms with Crippen LogP contribution in [0.1, 0.15) is 41.3 Å². The van der Waals surface area contributed by atoms with E-state index < -0.39 is 0 Å². The Morgan fingerprint density at radius 3 is 2.62 bits per heavy atom. The number of rotatable bonds is 6. The molecular formula is C23H24ClN3O2. The number of fused-ring (bicyclic) bond motifs is 1. The molecule has 0 saturated heterocycles. The summed E-state index contributed by atoms with van der Waals surface area (Å²) in [7, 11) is 1.63. The van der Waals surface area contributed by atoms with E-state index in [1.807, 2.05) is 59.4 Å². The lowest BCUT2D eigenvalue weighted by molar-refractivity contribution is -0.121. The molecule has 0 aliphatic heterocycles. The van der Waals surface area contributed by atoms with Gasteiger partial charge in [-0.25, -0.2) is 0 Å². The summed E-state index contributed by atoms with van der Waals surface area (Å²) in [6, 6.07) is 15.5. The summed E-state index contributed by atoms with van der Waals surface area (Å²) in [6.45, 7) is 0.707. The number of methoxy groups -OCH3 is 1. The summed E-state index contributed by atoms with van der Waals surface area (Å²) in [5, 5.41) is 8.52. The fraction of sp³-hybridized carbons (Fsp3) is 0.304. The van der Waals surface area contributed by atoms with Crippen molar-refractivity contribution >= 4 is 17.5 Å². The molecule has 150 valence electrons. The third kappa shape index (κ3) is 4.62. The molecule has 1 aromatic heterocycles. The monoisotopic (exact) mass is 409 g/mol. The number of hydrogen-bond donors (Lipinski definition) is 1. The molecule has 29 heavy (non-hydrogen) atoms. The van der Waals surface area contributed by atoms with Crippen LogP contribution in [0.4, 0.5) is 0 Å². The quantitative estimate of drug-likeness (QED) is 0.659. The average molecular weight is 410 g/mol. The first-order chi connectivity index (χ1) is 14.1. The van der Waals surface area contributed by atoms with Crippen molar-refractivity contribution in [3.05, 3.63) is 82.1 Å². The zero-order valence-corrected chi connectivity index (χ0v) is 17.2. The van der Waals surface area contributed by atoms with E-state index in [1.165, 1.54) is 5.69 Å². The number of aromatic nitrogens is 2. The molecule has 4 rings (SSSR count). The number of carbonyl (C=O) groups excluding carboxylic acids is 1. The molecule has 1 aliphatic carbocycles. The third-order valence-corrected chi connectivity index (χ3v) is 5.62. The molecule has 5 nitrogen and oxygen atoms in total. The minimum absolute atomic E-state index is 0.0171. The van der Waals surface area contributed by atoms with Crippen LogP contribution in [0.25, 0.3) is 0 Å². The van der Waals surface area contributed by atoms with Gasteiger partial charge in [0.25, 0.3) is 0 Å². The molecule has 3 aromatic rings. The highest BCUT2D eigenvalue weighted by Crippen LogP contribution is 2.30. The maximum Gasteiger partial charge on any atom is 0.224 e. The van der Waals surface area contributed by atoms with Crippen molar-refractivity contribution < 1.29 is 9.53 Å². The Morgan fingerprint density at radius 1 is 1.17 bits per heavy atom. The van der Waals surface area contributed by atoms with Crippen LogP contribution in [0.3, 0.4) is 0 Å². The van der Waals surface area contributed by atoms with Gasteiger partial charge in [0.05, 0.1) is 32.3 Å². The number of hydrogen-bond acceptors (Lipinski definition) is 3. The van der Waals surface area contributed by atoms with E-state index in [2.05, 4.69) is 10.4 Å². The van der Waals surface area contributed by atoms with Crippen LogP contribution in [-0.2, 0) is 24.2 Å². The van der Waals surface area contributed by atoms with Gasteiger partial charge in [0.1, 0.15) is 5.75 Å². The molecule has 1 heterocycles. The topological polar surface area (TPSA) is 56.1 Å². The van der Waals surface area contributed by atoms with Gasteiger partial charge in [-0.15, -0.1) is 0 Å². The molecule has 6 heteroatoms. The summed E-state index contributed by atoms with van der Waals surface area (Å²) in [6.07, 6.45) is 5.21. The first kappa shape index (κ1) is 19.5. The van der Waals surface area contributed by atoms with Gasteiger partial charge < -0.3 is 10.1 Å². The van der Waals surface area contributed by atoms with Gasteiger partial charge in [-0.2, -0.15) is 5.10 Å². The normalized spacial score (nSPS) is 15.6. The average Bonchev–Trinajstić information content (AvgIpc) is 3.14. The number of ether oxygens (including phenoxy) is 1. The van der Waals surface area contributed by atoms with Gasteiger partial charge in [0.15, 0.2) is 0 Å². The Labute approximate surface area is 175 Å². The SMILES string of the molecule is COc1ccc(CC(=O)NC2CCCc3c2cnn3Cc2ccc(Cl)cc2)cc1. The second kappa shape index (κ2) is 8.70. The molecule has 0 bridgehead atoms. The van der Waals surface area contributed by atoms with E-state index in [4.69, 9.17) is 16.3 Å². The van der Waals surface area contributed by atoms with Gasteiger partial charge in [0, 0.05) is 16.3 Å². The van der Waals surface area contributed by atoms with Crippen molar-refractivity contribution in [3.63, 3.8) is 0 Å². The fourth-order valence-electron chi connectivity index (χ4n) is 3.84. The lowest BCUT2D eigenvalue weighted by Crippen LogP contribution is -2.32. The molecule has 0 fully saturated rings. The highest BCUT2D eigenvalue weighted by Gasteiger charge is 2.25. The maximum atomic E-state index is 12.6. The van der Waals surface area contributed by atoms with Crippen LogP contribution in [0.2, 0.25) is 5.02 Å². The van der Waals surface area contributed by atoms with Crippen LogP contribution in [0, 0.1) is 0 Å². The second-order valence-electron chi connectivity index (χ2n) is 7.37. The van der Waals surface area contributed by atoms with Crippen LogP contribution in [0.15, 0.2) is 54.7 Å². The van der Waals surface area contributed by atoms with E-state index >= 15 is 0 Å². The second-order valence-corrected chi connectivity index (χ2v) is 7.80. The van der Waals surface area contributed by atoms with Crippen molar-refractivity contribution in [1.82, 2.24) is 15.1 Å². The van der Waals surface area contributed by atoms with Crippen molar-refractivity contribution in [2.24, 2.45) is 0 Å². The largest absolute Gasteiger partial charge is 0.497 e. The smallest absolute Gasteiger partial charge is 0.224 e. The van der Waals surface area contributed by atoms with Crippen molar-refractivity contribution in [3.8, 4) is 5.75 Å². The lowest BCUT2D eigenvalue weighted by atomic mass is 9.92. The Hall–Kier alpha value is -2.79. The van der Waals surface area contributed by atoms with Crippen molar-refractivity contribution in [1.29, 1.82) is 0 Å². The maximum absolute atomic E-state index is 12.6. The number of halogens is 1. The molecule has 1 aliphatic rings. The third-order valence-electron chi connectivity index (χ3n) is 5.37. The number of nitrogens with one attached hydrogen (secondary N) is 1. The molecule has 1 unspecified atom stereocenters. The molecule has 1 N–H and O–H groups in total. The summed E-state index contributed by atoms with van der Waals surface area (Å²) in [4.78, 5) is 12.6. The number of amides is 1. The van der Waals surface area contributed by atoms with E-state index in [9.17, 15) is 4.79 Å². The molecular weight excluding hydrogens is 386 g/mol. The zero-order valence-electron chi connectivity index (χ0n) is 16.4. The van der Waals surface area contributed by atoms with Crippen LogP contribution in [-0.4, -0.2) is 22.8 Å². The summed E-state index contributed by atoms with van der Waals surface area (Å²) < 4.78 is 7.21.